The fourth-order valence-electron chi connectivity index (χ4n) is 2.95. The second-order valence-electron chi connectivity index (χ2n) is 8.01. The highest BCUT2D eigenvalue weighted by molar-refractivity contribution is 9.10. The van der Waals surface area contributed by atoms with Crippen molar-refractivity contribution in [1.82, 2.24) is 14.7 Å². The molecule has 10 heteroatoms. The molecular formula is C22H26BrN5O3S. The van der Waals surface area contributed by atoms with Gasteiger partial charge in [0, 0.05) is 6.20 Å². The highest BCUT2D eigenvalue weighted by Gasteiger charge is 2.19. The van der Waals surface area contributed by atoms with Gasteiger partial charge in [0.1, 0.15) is 16.5 Å². The molecule has 2 aromatic carbocycles. The molecule has 0 aliphatic heterocycles. The maximum atomic E-state index is 12.4. The van der Waals surface area contributed by atoms with Crippen molar-refractivity contribution in [2.45, 2.75) is 31.1 Å². The number of hydrogen-bond donors (Lipinski definition) is 3. The molecule has 0 radical (unpaired) electrons. The van der Waals surface area contributed by atoms with Gasteiger partial charge in [-0.1, -0.05) is 39.0 Å². The van der Waals surface area contributed by atoms with E-state index in [9.17, 15) is 8.42 Å². The summed E-state index contributed by atoms with van der Waals surface area (Å²) in [5.41, 5.74) is 2.20. The molecule has 0 atom stereocenters. The molecule has 32 heavy (non-hydrogen) atoms. The first-order valence-electron chi connectivity index (χ1n) is 9.83. The van der Waals surface area contributed by atoms with E-state index < -0.39 is 10.0 Å². The van der Waals surface area contributed by atoms with Crippen LogP contribution >= 0.6 is 15.9 Å². The highest BCUT2D eigenvalue weighted by Crippen LogP contribution is 2.34. The number of halogens is 1. The van der Waals surface area contributed by atoms with Crippen LogP contribution in [0.4, 0.5) is 23.1 Å². The molecule has 3 rings (SSSR count). The summed E-state index contributed by atoms with van der Waals surface area (Å²) in [6, 6.07) is 12.5. The lowest BCUT2D eigenvalue weighted by Crippen LogP contribution is -2.19. The second-order valence-corrected chi connectivity index (χ2v) is 10.7. The van der Waals surface area contributed by atoms with Crippen LogP contribution in [0, 0.1) is 0 Å². The summed E-state index contributed by atoms with van der Waals surface area (Å²) in [5, 5.41) is 6.29. The van der Waals surface area contributed by atoms with Crippen LogP contribution < -0.4 is 20.1 Å². The molecule has 0 saturated heterocycles. The summed E-state index contributed by atoms with van der Waals surface area (Å²) in [6.07, 6.45) is 1.59. The van der Waals surface area contributed by atoms with Crippen molar-refractivity contribution < 1.29 is 13.2 Å². The minimum atomic E-state index is -3.65. The van der Waals surface area contributed by atoms with Crippen LogP contribution in [-0.2, 0) is 15.4 Å². The Morgan fingerprint density at radius 3 is 2.41 bits per heavy atom. The van der Waals surface area contributed by atoms with E-state index in [0.29, 0.717) is 27.7 Å². The fourth-order valence-corrected chi connectivity index (χ4v) is 4.13. The molecule has 0 bridgehead atoms. The minimum absolute atomic E-state index is 0.0431. The predicted molar refractivity (Wildman–Crippen MR) is 131 cm³/mol. The lowest BCUT2D eigenvalue weighted by atomic mass is 9.87. The molecule has 170 valence electrons. The molecule has 0 aliphatic rings. The van der Waals surface area contributed by atoms with E-state index >= 15 is 0 Å². The number of anilines is 4. The van der Waals surface area contributed by atoms with Crippen molar-refractivity contribution in [3.63, 3.8) is 0 Å². The topological polar surface area (TPSA) is 105 Å². The molecule has 0 amide bonds. The van der Waals surface area contributed by atoms with Crippen LogP contribution in [0.3, 0.4) is 0 Å². The SMILES string of the molecule is CNS(=O)(=O)c1ccccc1Nc1nc(Nc2cc(C(C)(C)C)ccc2OC)ncc1Br. The number of para-hydroxylation sites is 1. The van der Waals surface area contributed by atoms with E-state index in [0.717, 1.165) is 11.3 Å². The largest absolute Gasteiger partial charge is 0.495 e. The third-order valence-electron chi connectivity index (χ3n) is 4.75. The van der Waals surface area contributed by atoms with Gasteiger partial charge in [-0.05, 0) is 58.2 Å². The Morgan fingerprint density at radius 2 is 1.75 bits per heavy atom. The van der Waals surface area contributed by atoms with Crippen LogP contribution in [-0.4, -0.2) is 32.5 Å². The Bertz CT molecular complexity index is 1230. The lowest BCUT2D eigenvalue weighted by Gasteiger charge is -2.21. The number of benzene rings is 2. The summed E-state index contributed by atoms with van der Waals surface area (Å²) in [5.74, 6) is 1.39. The van der Waals surface area contributed by atoms with Gasteiger partial charge in [0.2, 0.25) is 16.0 Å². The van der Waals surface area contributed by atoms with Gasteiger partial charge in [-0.2, -0.15) is 4.98 Å². The molecule has 8 nitrogen and oxygen atoms in total. The van der Waals surface area contributed by atoms with E-state index in [1.807, 2.05) is 18.2 Å². The smallest absolute Gasteiger partial charge is 0.242 e. The molecule has 0 spiro atoms. The van der Waals surface area contributed by atoms with E-state index in [-0.39, 0.29) is 10.3 Å². The van der Waals surface area contributed by atoms with E-state index in [1.54, 1.807) is 31.5 Å². The Kier molecular flexibility index (Phi) is 7.06. The van der Waals surface area contributed by atoms with Crippen LogP contribution in [0.1, 0.15) is 26.3 Å². The standard InChI is InChI=1S/C22H26BrN5O3S/c1-22(2,3)14-10-11-18(31-5)17(12-14)27-21-25-13-15(23)20(28-21)26-16-8-6-7-9-19(16)32(29,30)24-4/h6-13,24H,1-5H3,(H2,25,26,27,28). The molecule has 3 aromatic rings. The highest BCUT2D eigenvalue weighted by atomic mass is 79.9. The van der Waals surface area contributed by atoms with Gasteiger partial charge < -0.3 is 15.4 Å². The quantitative estimate of drug-likeness (QED) is 0.405. The normalized spacial score (nSPS) is 11.8. The van der Waals surface area contributed by atoms with Gasteiger partial charge in [-0.25, -0.2) is 18.1 Å². The van der Waals surface area contributed by atoms with Crippen molar-refractivity contribution in [2.75, 3.05) is 24.8 Å². The molecule has 0 saturated carbocycles. The number of hydrogen-bond acceptors (Lipinski definition) is 7. The third-order valence-corrected chi connectivity index (χ3v) is 6.81. The van der Waals surface area contributed by atoms with Crippen LogP contribution in [0.15, 0.2) is 58.0 Å². The van der Waals surface area contributed by atoms with E-state index in [1.165, 1.54) is 13.1 Å². The minimum Gasteiger partial charge on any atom is -0.495 e. The monoisotopic (exact) mass is 519 g/mol. The van der Waals surface area contributed by atoms with Crippen molar-refractivity contribution in [3.05, 3.63) is 58.7 Å². The summed E-state index contributed by atoms with van der Waals surface area (Å²) in [4.78, 5) is 8.98. The summed E-state index contributed by atoms with van der Waals surface area (Å²) in [7, 11) is -0.680. The van der Waals surface area contributed by atoms with Crippen molar-refractivity contribution in [3.8, 4) is 5.75 Å². The Morgan fingerprint density at radius 1 is 1.03 bits per heavy atom. The van der Waals surface area contributed by atoms with E-state index in [2.05, 4.69) is 62.0 Å². The van der Waals surface area contributed by atoms with Crippen LogP contribution in [0.25, 0.3) is 0 Å². The Labute approximate surface area is 197 Å². The summed E-state index contributed by atoms with van der Waals surface area (Å²) >= 11 is 3.43. The first-order chi connectivity index (χ1) is 15.0. The summed E-state index contributed by atoms with van der Waals surface area (Å²) < 4.78 is 33.1. The zero-order valence-electron chi connectivity index (χ0n) is 18.5. The first-order valence-corrected chi connectivity index (χ1v) is 12.1. The Hall–Kier alpha value is -2.69. The number of nitrogens with zero attached hydrogens (tertiary/aromatic N) is 2. The van der Waals surface area contributed by atoms with Gasteiger partial charge in [-0.3, -0.25) is 0 Å². The zero-order valence-corrected chi connectivity index (χ0v) is 20.9. The zero-order chi connectivity index (χ0) is 23.5. The molecule has 3 N–H and O–H groups in total. The van der Waals surface area contributed by atoms with Crippen molar-refractivity contribution in [1.29, 1.82) is 0 Å². The van der Waals surface area contributed by atoms with Crippen molar-refractivity contribution >= 4 is 49.1 Å². The molecular weight excluding hydrogens is 494 g/mol. The number of sulfonamides is 1. The first kappa shape index (κ1) is 24.0. The second kappa shape index (κ2) is 9.43. The average Bonchev–Trinajstić information content (AvgIpc) is 2.75. The van der Waals surface area contributed by atoms with Crippen LogP contribution in [0.2, 0.25) is 0 Å². The van der Waals surface area contributed by atoms with Gasteiger partial charge in [0.15, 0.2) is 0 Å². The maximum Gasteiger partial charge on any atom is 0.242 e. The maximum absolute atomic E-state index is 12.4. The van der Waals surface area contributed by atoms with Gasteiger partial charge in [0.05, 0.1) is 23.0 Å². The number of rotatable bonds is 7. The summed E-state index contributed by atoms with van der Waals surface area (Å²) in [6.45, 7) is 6.40. The third kappa shape index (κ3) is 5.37. The predicted octanol–water partition coefficient (Wildman–Crippen LogP) is 4.94. The van der Waals surface area contributed by atoms with Crippen molar-refractivity contribution in [2.24, 2.45) is 0 Å². The number of methoxy groups -OCH3 is 1. The lowest BCUT2D eigenvalue weighted by molar-refractivity contribution is 0.416. The van der Waals surface area contributed by atoms with Gasteiger partial charge >= 0.3 is 0 Å². The molecule has 0 fully saturated rings. The van der Waals surface area contributed by atoms with E-state index in [4.69, 9.17) is 4.74 Å². The number of ether oxygens (including phenoxy) is 1. The van der Waals surface area contributed by atoms with Gasteiger partial charge in [0.25, 0.3) is 0 Å². The average molecular weight is 520 g/mol. The molecule has 1 heterocycles. The number of nitrogens with one attached hydrogen (secondary N) is 3. The van der Waals surface area contributed by atoms with Crippen LogP contribution in [0.5, 0.6) is 5.75 Å². The molecule has 1 aromatic heterocycles. The molecule has 0 aliphatic carbocycles. The van der Waals surface area contributed by atoms with Gasteiger partial charge in [-0.15, -0.1) is 0 Å². The molecule has 0 unspecified atom stereocenters. The Balaban J connectivity index is 1.97. The number of aromatic nitrogens is 2. The fraction of sp³-hybridized carbons (Fsp3) is 0.273.